The van der Waals surface area contributed by atoms with Crippen molar-refractivity contribution in [1.29, 1.82) is 0 Å². The quantitative estimate of drug-likeness (QED) is 0.604. The van der Waals surface area contributed by atoms with Crippen molar-refractivity contribution in [3.8, 4) is 12.3 Å². The predicted molar refractivity (Wildman–Crippen MR) is 64.9 cm³/mol. The fourth-order valence-corrected chi connectivity index (χ4v) is 1.93. The third kappa shape index (κ3) is 1.79. The lowest BCUT2D eigenvalue weighted by molar-refractivity contribution is 0.589. The third-order valence-corrected chi connectivity index (χ3v) is 3.33. The SMILES string of the molecule is C#CC1(c2ccc(C(C)(C)C)cc2)CC1. The van der Waals surface area contributed by atoms with Gasteiger partial charge < -0.3 is 0 Å². The van der Waals surface area contributed by atoms with E-state index in [9.17, 15) is 0 Å². The molecule has 1 aliphatic rings. The number of terminal acetylenes is 1. The Balaban J connectivity index is 2.30. The van der Waals surface area contributed by atoms with Gasteiger partial charge in [-0.25, -0.2) is 0 Å². The Bertz CT molecular complexity index is 391. The first-order valence-corrected chi connectivity index (χ1v) is 5.57. The van der Waals surface area contributed by atoms with Crippen molar-refractivity contribution in [2.75, 3.05) is 0 Å². The average molecular weight is 198 g/mol. The molecular formula is C15H18. The highest BCUT2D eigenvalue weighted by Crippen LogP contribution is 2.47. The van der Waals surface area contributed by atoms with Crippen LogP contribution in [-0.2, 0) is 10.8 Å². The molecule has 1 aromatic carbocycles. The summed E-state index contributed by atoms with van der Waals surface area (Å²) in [7, 11) is 0. The first-order valence-electron chi connectivity index (χ1n) is 5.57. The van der Waals surface area contributed by atoms with E-state index >= 15 is 0 Å². The van der Waals surface area contributed by atoms with E-state index in [0.29, 0.717) is 0 Å². The van der Waals surface area contributed by atoms with Gasteiger partial charge >= 0.3 is 0 Å². The van der Waals surface area contributed by atoms with Crippen LogP contribution >= 0.6 is 0 Å². The molecule has 0 atom stereocenters. The van der Waals surface area contributed by atoms with Gasteiger partial charge in [0.2, 0.25) is 0 Å². The summed E-state index contributed by atoms with van der Waals surface area (Å²) in [5.41, 5.74) is 3.00. The smallest absolute Gasteiger partial charge is 0.0561 e. The normalized spacial score (nSPS) is 18.3. The molecule has 1 aromatic rings. The van der Waals surface area contributed by atoms with Crippen molar-refractivity contribution >= 4 is 0 Å². The maximum atomic E-state index is 5.57. The third-order valence-electron chi connectivity index (χ3n) is 3.33. The van der Waals surface area contributed by atoms with Crippen LogP contribution in [0.2, 0.25) is 0 Å². The van der Waals surface area contributed by atoms with Crippen molar-refractivity contribution in [2.45, 2.75) is 44.4 Å². The minimum absolute atomic E-state index is 0.0798. The summed E-state index contributed by atoms with van der Waals surface area (Å²) in [5.74, 6) is 2.93. The van der Waals surface area contributed by atoms with Crippen LogP contribution < -0.4 is 0 Å². The van der Waals surface area contributed by atoms with Crippen LogP contribution in [0.4, 0.5) is 0 Å². The molecule has 0 nitrogen and oxygen atoms in total. The van der Waals surface area contributed by atoms with E-state index in [4.69, 9.17) is 6.42 Å². The Hall–Kier alpha value is -1.22. The Morgan fingerprint density at radius 1 is 1.13 bits per heavy atom. The molecule has 0 aliphatic heterocycles. The summed E-state index contributed by atoms with van der Waals surface area (Å²) in [6.07, 6.45) is 7.88. The molecule has 0 amide bonds. The maximum absolute atomic E-state index is 5.57. The van der Waals surface area contributed by atoms with Crippen LogP contribution in [0.3, 0.4) is 0 Å². The average Bonchev–Trinajstić information content (AvgIpc) is 2.97. The monoisotopic (exact) mass is 198 g/mol. The highest BCUT2D eigenvalue weighted by atomic mass is 14.4. The van der Waals surface area contributed by atoms with Gasteiger partial charge in [0, 0.05) is 0 Å². The molecule has 0 heteroatoms. The molecule has 2 rings (SSSR count). The van der Waals surface area contributed by atoms with Gasteiger partial charge in [0.25, 0.3) is 0 Å². The molecule has 78 valence electrons. The summed E-state index contributed by atoms with van der Waals surface area (Å²) in [6, 6.07) is 8.83. The Morgan fingerprint density at radius 2 is 1.67 bits per heavy atom. The molecule has 15 heavy (non-hydrogen) atoms. The maximum Gasteiger partial charge on any atom is 0.0561 e. The molecule has 0 bridgehead atoms. The van der Waals surface area contributed by atoms with Gasteiger partial charge in [0.05, 0.1) is 5.41 Å². The fraction of sp³-hybridized carbons (Fsp3) is 0.467. The molecule has 1 saturated carbocycles. The summed E-state index contributed by atoms with van der Waals surface area (Å²) in [6.45, 7) is 6.70. The van der Waals surface area contributed by atoms with Crippen LogP contribution in [-0.4, -0.2) is 0 Å². The van der Waals surface area contributed by atoms with Gasteiger partial charge in [-0.05, 0) is 29.4 Å². The molecular weight excluding hydrogens is 180 g/mol. The van der Waals surface area contributed by atoms with Crippen molar-refractivity contribution in [2.24, 2.45) is 0 Å². The molecule has 0 heterocycles. The number of benzene rings is 1. The van der Waals surface area contributed by atoms with Crippen molar-refractivity contribution in [1.82, 2.24) is 0 Å². The minimum Gasteiger partial charge on any atom is -0.119 e. The minimum atomic E-state index is 0.0798. The van der Waals surface area contributed by atoms with E-state index in [-0.39, 0.29) is 10.8 Å². The van der Waals surface area contributed by atoms with E-state index in [1.807, 2.05) is 0 Å². The lowest BCUT2D eigenvalue weighted by Crippen LogP contribution is -2.11. The first-order chi connectivity index (χ1) is 6.98. The zero-order valence-electron chi connectivity index (χ0n) is 9.80. The summed E-state index contributed by atoms with van der Waals surface area (Å²) in [5, 5.41) is 0. The lowest BCUT2D eigenvalue weighted by Gasteiger charge is -2.20. The van der Waals surface area contributed by atoms with Crippen LogP contribution in [0.25, 0.3) is 0 Å². The molecule has 0 unspecified atom stereocenters. The van der Waals surface area contributed by atoms with Crippen molar-refractivity contribution in [3.05, 3.63) is 35.4 Å². The summed E-state index contributed by atoms with van der Waals surface area (Å²) in [4.78, 5) is 0. The first kappa shape index (κ1) is 10.3. The van der Waals surface area contributed by atoms with Gasteiger partial charge in [-0.1, -0.05) is 51.0 Å². The van der Waals surface area contributed by atoms with Crippen LogP contribution in [0, 0.1) is 12.3 Å². The van der Waals surface area contributed by atoms with Crippen molar-refractivity contribution < 1.29 is 0 Å². The molecule has 0 N–H and O–H groups in total. The van der Waals surface area contributed by atoms with Crippen LogP contribution in [0.1, 0.15) is 44.7 Å². The van der Waals surface area contributed by atoms with Gasteiger partial charge in [0.1, 0.15) is 0 Å². The second-order valence-corrected chi connectivity index (χ2v) is 5.55. The lowest BCUT2D eigenvalue weighted by atomic mass is 9.85. The molecule has 1 fully saturated rings. The Labute approximate surface area is 92.7 Å². The molecule has 0 saturated heterocycles. The highest BCUT2D eigenvalue weighted by Gasteiger charge is 2.42. The summed E-state index contributed by atoms with van der Waals surface area (Å²) < 4.78 is 0. The summed E-state index contributed by atoms with van der Waals surface area (Å²) >= 11 is 0. The number of hydrogen-bond acceptors (Lipinski definition) is 0. The Morgan fingerprint density at radius 3 is 2.00 bits per heavy atom. The topological polar surface area (TPSA) is 0 Å². The molecule has 0 aromatic heterocycles. The van der Waals surface area contributed by atoms with E-state index in [1.54, 1.807) is 0 Å². The highest BCUT2D eigenvalue weighted by molar-refractivity contribution is 5.42. The number of hydrogen-bond donors (Lipinski definition) is 0. The molecule has 1 aliphatic carbocycles. The van der Waals surface area contributed by atoms with Crippen molar-refractivity contribution in [3.63, 3.8) is 0 Å². The predicted octanol–water partition coefficient (Wildman–Crippen LogP) is 3.65. The second kappa shape index (κ2) is 3.14. The standard InChI is InChI=1S/C15H18/c1-5-15(10-11-15)13-8-6-12(7-9-13)14(2,3)4/h1,6-9H,10-11H2,2-4H3. The fourth-order valence-electron chi connectivity index (χ4n) is 1.93. The van der Waals surface area contributed by atoms with Gasteiger partial charge in [-0.3, -0.25) is 0 Å². The van der Waals surface area contributed by atoms with Crippen LogP contribution in [0.15, 0.2) is 24.3 Å². The van der Waals surface area contributed by atoms with Gasteiger partial charge in [0.15, 0.2) is 0 Å². The van der Waals surface area contributed by atoms with Gasteiger partial charge in [-0.15, -0.1) is 6.42 Å². The van der Waals surface area contributed by atoms with E-state index in [0.717, 1.165) is 12.8 Å². The van der Waals surface area contributed by atoms with E-state index in [1.165, 1.54) is 11.1 Å². The zero-order valence-corrected chi connectivity index (χ0v) is 9.80. The van der Waals surface area contributed by atoms with Gasteiger partial charge in [-0.2, -0.15) is 0 Å². The second-order valence-electron chi connectivity index (χ2n) is 5.55. The zero-order chi connectivity index (χ0) is 11.1. The largest absolute Gasteiger partial charge is 0.119 e. The molecule has 0 radical (unpaired) electrons. The van der Waals surface area contributed by atoms with E-state index < -0.39 is 0 Å². The van der Waals surface area contributed by atoms with Crippen LogP contribution in [0.5, 0.6) is 0 Å². The van der Waals surface area contributed by atoms with E-state index in [2.05, 4.69) is 51.0 Å². The molecule has 0 spiro atoms. The Kier molecular flexibility index (Phi) is 2.15. The number of rotatable bonds is 1.